The summed E-state index contributed by atoms with van der Waals surface area (Å²) in [5.41, 5.74) is 2.47. The van der Waals surface area contributed by atoms with Crippen LogP contribution in [-0.4, -0.2) is 34.1 Å². The van der Waals surface area contributed by atoms with Crippen LogP contribution >= 0.6 is 0 Å². The highest BCUT2D eigenvalue weighted by Gasteiger charge is 2.23. The highest BCUT2D eigenvalue weighted by molar-refractivity contribution is 5.99. The first-order valence-electron chi connectivity index (χ1n) is 16.5. The number of benzene rings is 2. The Balaban J connectivity index is 2.13. The molecule has 0 unspecified atom stereocenters. The van der Waals surface area contributed by atoms with Crippen molar-refractivity contribution in [3.05, 3.63) is 47.0 Å². The van der Waals surface area contributed by atoms with Crippen molar-refractivity contribution in [2.24, 2.45) is 5.92 Å². The van der Waals surface area contributed by atoms with Crippen LogP contribution in [0.1, 0.15) is 128 Å². The van der Waals surface area contributed by atoms with Crippen LogP contribution in [0.4, 0.5) is 0 Å². The minimum Gasteiger partial charge on any atom is -0.481 e. The van der Waals surface area contributed by atoms with Gasteiger partial charge < -0.3 is 19.7 Å². The first-order chi connectivity index (χ1) is 21.5. The third-order valence-corrected chi connectivity index (χ3v) is 8.01. The average molecular weight is 625 g/mol. The van der Waals surface area contributed by atoms with E-state index in [1.165, 1.54) is 63.4 Å². The summed E-state index contributed by atoms with van der Waals surface area (Å²) < 4.78 is 11.5. The van der Waals surface area contributed by atoms with Crippen molar-refractivity contribution in [3.8, 4) is 11.5 Å². The molecule has 0 heterocycles. The SMILES string of the molecule is C/C(=C\Cc1c(C)c(OC(=O)CCC(=O)O)c2ccccc2c1OC(=O)CCC(=O)O)CCCCCCCCCCCC(C)C. The summed E-state index contributed by atoms with van der Waals surface area (Å²) in [6.45, 7) is 8.43. The predicted octanol–water partition coefficient (Wildman–Crippen LogP) is 9.12. The van der Waals surface area contributed by atoms with Gasteiger partial charge in [0.15, 0.2) is 0 Å². The number of hydrogen-bond acceptors (Lipinski definition) is 6. The van der Waals surface area contributed by atoms with Crippen LogP contribution in [-0.2, 0) is 25.6 Å². The van der Waals surface area contributed by atoms with Crippen molar-refractivity contribution in [3.63, 3.8) is 0 Å². The van der Waals surface area contributed by atoms with Crippen LogP contribution in [0.25, 0.3) is 10.8 Å². The molecule has 0 radical (unpaired) electrons. The van der Waals surface area contributed by atoms with Gasteiger partial charge in [0.25, 0.3) is 0 Å². The van der Waals surface area contributed by atoms with E-state index < -0.39 is 23.9 Å². The quantitative estimate of drug-likeness (QED) is 0.0575. The zero-order valence-corrected chi connectivity index (χ0v) is 27.6. The molecule has 0 fully saturated rings. The van der Waals surface area contributed by atoms with Gasteiger partial charge in [0, 0.05) is 16.3 Å². The average Bonchev–Trinajstić information content (AvgIpc) is 2.99. The van der Waals surface area contributed by atoms with Crippen molar-refractivity contribution in [2.75, 3.05) is 0 Å². The standard InChI is InChI=1S/C37H52O8/c1-26(2)16-12-10-8-6-5-7-9-11-13-17-27(3)20-21-29-28(4)36(44-34(42)24-22-32(38)39)30-18-14-15-19-31(30)37(29)45-35(43)25-23-33(40)41/h14-15,18-20,26H,5-13,16-17,21-25H2,1-4H3,(H,38,39)(H,40,41)/b27-20+. The molecule has 0 atom stereocenters. The molecule has 0 amide bonds. The summed E-state index contributed by atoms with van der Waals surface area (Å²) in [6, 6.07) is 7.05. The lowest BCUT2D eigenvalue weighted by Crippen LogP contribution is -2.14. The Morgan fingerprint density at radius 3 is 1.67 bits per heavy atom. The number of fused-ring (bicyclic) bond motifs is 1. The summed E-state index contributed by atoms with van der Waals surface area (Å²) in [4.78, 5) is 47.2. The number of hydrogen-bond donors (Lipinski definition) is 2. The van der Waals surface area contributed by atoms with E-state index in [0.29, 0.717) is 39.8 Å². The summed E-state index contributed by atoms with van der Waals surface area (Å²) in [5, 5.41) is 19.1. The molecule has 8 nitrogen and oxygen atoms in total. The minimum atomic E-state index is -1.09. The fourth-order valence-corrected chi connectivity index (χ4v) is 5.36. The van der Waals surface area contributed by atoms with E-state index in [1.807, 2.05) is 0 Å². The molecule has 2 aromatic rings. The third kappa shape index (κ3) is 14.3. The Hall–Kier alpha value is -3.68. The summed E-state index contributed by atoms with van der Waals surface area (Å²) in [6.07, 6.45) is 15.0. The number of carbonyl (C=O) groups excluding carboxylic acids is 2. The van der Waals surface area contributed by atoms with E-state index >= 15 is 0 Å². The molecule has 0 aliphatic rings. The molecule has 248 valence electrons. The zero-order valence-electron chi connectivity index (χ0n) is 27.6. The van der Waals surface area contributed by atoms with Crippen LogP contribution in [0.15, 0.2) is 35.9 Å². The number of esters is 2. The van der Waals surface area contributed by atoms with Crippen LogP contribution < -0.4 is 9.47 Å². The van der Waals surface area contributed by atoms with Gasteiger partial charge in [-0.1, -0.05) is 108 Å². The van der Waals surface area contributed by atoms with Crippen LogP contribution in [0.5, 0.6) is 11.5 Å². The van der Waals surface area contributed by atoms with E-state index in [2.05, 4.69) is 26.8 Å². The molecular weight excluding hydrogens is 572 g/mol. The number of ether oxygens (including phenoxy) is 2. The Labute approximate surface area is 268 Å². The largest absolute Gasteiger partial charge is 0.481 e. The van der Waals surface area contributed by atoms with Gasteiger partial charge in [0.1, 0.15) is 11.5 Å². The van der Waals surface area contributed by atoms with Gasteiger partial charge in [0.2, 0.25) is 0 Å². The molecule has 45 heavy (non-hydrogen) atoms. The monoisotopic (exact) mass is 624 g/mol. The molecule has 0 saturated heterocycles. The maximum Gasteiger partial charge on any atom is 0.311 e. The molecule has 2 N–H and O–H groups in total. The molecule has 2 rings (SSSR count). The summed E-state index contributed by atoms with van der Waals surface area (Å²) in [5.74, 6) is -2.10. The van der Waals surface area contributed by atoms with E-state index in [-0.39, 0.29) is 25.7 Å². The summed E-state index contributed by atoms with van der Waals surface area (Å²) in [7, 11) is 0. The number of carboxylic acids is 2. The van der Waals surface area contributed by atoms with Gasteiger partial charge in [0.05, 0.1) is 25.7 Å². The first kappa shape index (κ1) is 37.5. The molecule has 0 aliphatic carbocycles. The number of carbonyl (C=O) groups is 4. The van der Waals surface area contributed by atoms with Crippen LogP contribution in [0.2, 0.25) is 0 Å². The lowest BCUT2D eigenvalue weighted by Gasteiger charge is -2.19. The van der Waals surface area contributed by atoms with E-state index in [1.54, 1.807) is 31.2 Å². The normalized spacial score (nSPS) is 11.6. The van der Waals surface area contributed by atoms with Crippen molar-refractivity contribution < 1.29 is 38.9 Å². The second-order valence-electron chi connectivity index (χ2n) is 12.4. The Morgan fingerprint density at radius 1 is 0.689 bits per heavy atom. The highest BCUT2D eigenvalue weighted by Crippen LogP contribution is 2.41. The number of allylic oxidation sites excluding steroid dienone is 2. The topological polar surface area (TPSA) is 127 Å². The lowest BCUT2D eigenvalue weighted by atomic mass is 9.95. The van der Waals surface area contributed by atoms with Crippen molar-refractivity contribution in [1.29, 1.82) is 0 Å². The third-order valence-electron chi connectivity index (χ3n) is 8.01. The first-order valence-corrected chi connectivity index (χ1v) is 16.5. The predicted molar refractivity (Wildman–Crippen MR) is 177 cm³/mol. The molecule has 8 heteroatoms. The van der Waals surface area contributed by atoms with Crippen molar-refractivity contribution in [2.45, 2.75) is 130 Å². The molecule has 0 aromatic heterocycles. The zero-order chi connectivity index (χ0) is 33.2. The fourth-order valence-electron chi connectivity index (χ4n) is 5.36. The van der Waals surface area contributed by atoms with Gasteiger partial charge in [-0.25, -0.2) is 0 Å². The van der Waals surface area contributed by atoms with Gasteiger partial charge >= 0.3 is 23.9 Å². The summed E-state index contributed by atoms with van der Waals surface area (Å²) >= 11 is 0. The number of unbranched alkanes of at least 4 members (excludes halogenated alkanes) is 8. The fraction of sp³-hybridized carbons (Fsp3) is 0.568. The van der Waals surface area contributed by atoms with Crippen LogP contribution in [0, 0.1) is 12.8 Å². The molecule has 2 aromatic carbocycles. The highest BCUT2D eigenvalue weighted by atomic mass is 16.5. The number of carboxylic acid groups (broad SMARTS) is 2. The molecule has 0 bridgehead atoms. The maximum absolute atomic E-state index is 12.7. The second-order valence-corrected chi connectivity index (χ2v) is 12.4. The maximum atomic E-state index is 12.7. The number of aliphatic carboxylic acids is 2. The van der Waals surface area contributed by atoms with Crippen molar-refractivity contribution in [1.82, 2.24) is 0 Å². The smallest absolute Gasteiger partial charge is 0.311 e. The van der Waals surface area contributed by atoms with E-state index in [0.717, 1.165) is 18.8 Å². The Bertz CT molecular complexity index is 1310. The van der Waals surface area contributed by atoms with Gasteiger partial charge in [-0.2, -0.15) is 0 Å². The second kappa shape index (κ2) is 20.4. The molecule has 0 spiro atoms. The van der Waals surface area contributed by atoms with Crippen LogP contribution in [0.3, 0.4) is 0 Å². The van der Waals surface area contributed by atoms with E-state index in [4.69, 9.17) is 19.7 Å². The molecular formula is C37H52O8. The molecule has 0 aliphatic heterocycles. The number of rotatable bonds is 22. The minimum absolute atomic E-state index is 0.276. The Kier molecular flexibility index (Phi) is 17.0. The van der Waals surface area contributed by atoms with Gasteiger partial charge in [-0.3, -0.25) is 19.2 Å². The van der Waals surface area contributed by atoms with Gasteiger partial charge in [-0.05, 0) is 44.6 Å². The Morgan fingerprint density at radius 2 is 1.16 bits per heavy atom. The van der Waals surface area contributed by atoms with Crippen molar-refractivity contribution >= 4 is 34.6 Å². The lowest BCUT2D eigenvalue weighted by molar-refractivity contribution is -0.142. The van der Waals surface area contributed by atoms with E-state index in [9.17, 15) is 19.2 Å². The van der Waals surface area contributed by atoms with Gasteiger partial charge in [-0.15, -0.1) is 0 Å². The molecule has 0 saturated carbocycles.